The fourth-order valence-corrected chi connectivity index (χ4v) is 4.17. The molecule has 0 saturated carbocycles. The van der Waals surface area contributed by atoms with E-state index >= 15 is 0 Å². The second kappa shape index (κ2) is 5.29. The van der Waals surface area contributed by atoms with Crippen molar-refractivity contribution in [1.29, 1.82) is 0 Å². The van der Waals surface area contributed by atoms with Gasteiger partial charge >= 0.3 is 0 Å². The Balaban J connectivity index is 2.10. The molecular weight excluding hydrogens is 296 g/mol. The molecule has 1 aromatic rings. The minimum atomic E-state index is -3.39. The number of nitrogens with zero attached hydrogens (tertiary/aromatic N) is 2. The monoisotopic (exact) mass is 314 g/mol. The summed E-state index contributed by atoms with van der Waals surface area (Å²) in [4.78, 5) is 17.0. The molecule has 0 N–H and O–H groups in total. The third-order valence-electron chi connectivity index (χ3n) is 2.90. The molecule has 1 aliphatic heterocycles. The first-order valence-electron chi connectivity index (χ1n) is 6.39. The smallest absolute Gasteiger partial charge is 0.260 e. The number of carbonyl (C=O) groups excluding carboxylic acids is 1. The van der Waals surface area contributed by atoms with Crippen LogP contribution in [-0.2, 0) is 20.2 Å². The van der Waals surface area contributed by atoms with Gasteiger partial charge < -0.3 is 0 Å². The summed E-state index contributed by atoms with van der Waals surface area (Å²) in [6.45, 7) is 6.49. The van der Waals surface area contributed by atoms with Crippen LogP contribution in [0, 0.1) is 0 Å². The molecule has 1 aromatic heterocycles. The predicted molar refractivity (Wildman–Crippen MR) is 80.0 cm³/mol. The summed E-state index contributed by atoms with van der Waals surface area (Å²) in [5.41, 5.74) is -0.0287. The summed E-state index contributed by atoms with van der Waals surface area (Å²) in [5, 5.41) is 0.985. The maximum Gasteiger partial charge on any atom is 0.260 e. The molecule has 0 aromatic carbocycles. The van der Waals surface area contributed by atoms with Gasteiger partial charge in [-0.3, -0.25) is 4.79 Å². The Morgan fingerprint density at radius 2 is 2.15 bits per heavy atom. The zero-order valence-corrected chi connectivity index (χ0v) is 13.4. The van der Waals surface area contributed by atoms with Crippen molar-refractivity contribution < 1.29 is 13.2 Å². The zero-order chi connectivity index (χ0) is 15.0. The average Bonchev–Trinajstić information content (AvgIpc) is 2.91. The van der Waals surface area contributed by atoms with Crippen molar-refractivity contribution in [3.63, 3.8) is 0 Å². The maximum absolute atomic E-state index is 11.9. The van der Waals surface area contributed by atoms with Gasteiger partial charge in [0.1, 0.15) is 0 Å². The SMILES string of the molecule is CC(C)(C)c1ncc(C=CC(=O)N2CCCS2(=O)=O)s1. The molecule has 0 atom stereocenters. The van der Waals surface area contributed by atoms with Crippen molar-refractivity contribution in [3.8, 4) is 0 Å². The minimum Gasteiger partial charge on any atom is -0.269 e. The van der Waals surface area contributed by atoms with Crippen molar-refractivity contribution in [2.24, 2.45) is 0 Å². The molecule has 0 radical (unpaired) electrons. The molecule has 1 fully saturated rings. The molecule has 20 heavy (non-hydrogen) atoms. The number of rotatable bonds is 2. The zero-order valence-electron chi connectivity index (χ0n) is 11.8. The lowest BCUT2D eigenvalue weighted by Gasteiger charge is -2.13. The molecule has 0 spiro atoms. The van der Waals surface area contributed by atoms with Gasteiger partial charge in [0.25, 0.3) is 5.91 Å². The van der Waals surface area contributed by atoms with Crippen LogP contribution in [0.25, 0.3) is 6.08 Å². The van der Waals surface area contributed by atoms with E-state index in [1.54, 1.807) is 12.3 Å². The number of thiazole rings is 1. The first kappa shape index (κ1) is 15.2. The Hall–Kier alpha value is -1.21. The van der Waals surface area contributed by atoms with E-state index in [-0.39, 0.29) is 17.7 Å². The summed E-state index contributed by atoms with van der Waals surface area (Å²) in [7, 11) is -3.39. The van der Waals surface area contributed by atoms with E-state index in [1.165, 1.54) is 17.4 Å². The summed E-state index contributed by atoms with van der Waals surface area (Å²) in [5.74, 6) is -0.422. The summed E-state index contributed by atoms with van der Waals surface area (Å²) >= 11 is 1.51. The van der Waals surface area contributed by atoms with Crippen LogP contribution >= 0.6 is 11.3 Å². The lowest BCUT2D eigenvalue weighted by Crippen LogP contribution is -2.30. The highest BCUT2D eigenvalue weighted by atomic mass is 32.2. The second-order valence-corrected chi connectivity index (χ2v) is 8.81. The van der Waals surface area contributed by atoms with Crippen LogP contribution in [0.5, 0.6) is 0 Å². The lowest BCUT2D eigenvalue weighted by molar-refractivity contribution is -0.121. The van der Waals surface area contributed by atoms with E-state index in [2.05, 4.69) is 25.8 Å². The van der Waals surface area contributed by atoms with Crippen LogP contribution in [0.1, 0.15) is 37.1 Å². The Bertz CT molecular complexity index is 639. The number of amides is 1. The standard InChI is InChI=1S/C13H18N2O3S2/c1-13(2,3)12-14-9-10(19-12)5-6-11(16)15-7-4-8-20(15,17)18/h5-6,9H,4,7-8H2,1-3H3. The van der Waals surface area contributed by atoms with Crippen molar-refractivity contribution in [1.82, 2.24) is 9.29 Å². The van der Waals surface area contributed by atoms with Gasteiger partial charge in [0.2, 0.25) is 10.0 Å². The van der Waals surface area contributed by atoms with Gasteiger partial charge in [0.15, 0.2) is 0 Å². The van der Waals surface area contributed by atoms with Crippen LogP contribution in [0.3, 0.4) is 0 Å². The molecule has 1 amide bonds. The Morgan fingerprint density at radius 3 is 2.65 bits per heavy atom. The third-order valence-corrected chi connectivity index (χ3v) is 6.13. The maximum atomic E-state index is 11.9. The largest absolute Gasteiger partial charge is 0.269 e. The Morgan fingerprint density at radius 1 is 1.45 bits per heavy atom. The van der Waals surface area contributed by atoms with Crippen LogP contribution in [0.15, 0.2) is 12.3 Å². The van der Waals surface area contributed by atoms with Gasteiger partial charge in [0.05, 0.1) is 10.8 Å². The number of carbonyl (C=O) groups is 1. The number of hydrogen-bond donors (Lipinski definition) is 0. The van der Waals surface area contributed by atoms with Crippen LogP contribution in [0.2, 0.25) is 0 Å². The summed E-state index contributed by atoms with van der Waals surface area (Å²) < 4.78 is 24.2. The fourth-order valence-electron chi connectivity index (χ4n) is 1.83. The first-order valence-corrected chi connectivity index (χ1v) is 8.81. The highest BCUT2D eigenvalue weighted by Gasteiger charge is 2.31. The van der Waals surface area contributed by atoms with Crippen LogP contribution in [0.4, 0.5) is 0 Å². The third kappa shape index (κ3) is 3.27. The van der Waals surface area contributed by atoms with Gasteiger partial charge in [-0.1, -0.05) is 20.8 Å². The highest BCUT2D eigenvalue weighted by molar-refractivity contribution is 7.89. The van der Waals surface area contributed by atoms with E-state index < -0.39 is 15.9 Å². The molecule has 0 unspecified atom stereocenters. The molecule has 0 aliphatic carbocycles. The fraction of sp³-hybridized carbons (Fsp3) is 0.538. The number of sulfonamides is 1. The number of hydrogen-bond acceptors (Lipinski definition) is 5. The van der Waals surface area contributed by atoms with Crippen molar-refractivity contribution in [2.45, 2.75) is 32.6 Å². The molecule has 2 heterocycles. The van der Waals surface area contributed by atoms with E-state index in [9.17, 15) is 13.2 Å². The van der Waals surface area contributed by atoms with Crippen LogP contribution < -0.4 is 0 Å². The van der Waals surface area contributed by atoms with Gasteiger partial charge in [-0.2, -0.15) is 0 Å². The van der Waals surface area contributed by atoms with Crippen molar-refractivity contribution in [3.05, 3.63) is 22.2 Å². The van der Waals surface area contributed by atoms with Gasteiger partial charge in [0, 0.05) is 29.1 Å². The topological polar surface area (TPSA) is 67.3 Å². The molecule has 7 heteroatoms. The van der Waals surface area contributed by atoms with Gasteiger partial charge in [-0.25, -0.2) is 17.7 Å². The summed E-state index contributed by atoms with van der Waals surface area (Å²) in [6.07, 6.45) is 5.15. The Kier molecular flexibility index (Phi) is 4.02. The quantitative estimate of drug-likeness (QED) is 0.783. The number of aromatic nitrogens is 1. The van der Waals surface area contributed by atoms with Crippen molar-refractivity contribution >= 4 is 33.3 Å². The molecule has 0 bridgehead atoms. The van der Waals surface area contributed by atoms with Gasteiger partial charge in [-0.05, 0) is 12.5 Å². The molecular formula is C13H18N2O3S2. The molecule has 5 nitrogen and oxygen atoms in total. The molecule has 1 aliphatic rings. The van der Waals surface area contributed by atoms with Gasteiger partial charge in [-0.15, -0.1) is 11.3 Å². The predicted octanol–water partition coefficient (Wildman–Crippen LogP) is 2.02. The normalized spacial score (nSPS) is 18.9. The Labute approximate surface area is 123 Å². The van der Waals surface area contributed by atoms with E-state index in [0.29, 0.717) is 6.42 Å². The second-order valence-electron chi connectivity index (χ2n) is 5.73. The van der Waals surface area contributed by atoms with Crippen molar-refractivity contribution in [2.75, 3.05) is 12.3 Å². The highest BCUT2D eigenvalue weighted by Crippen LogP contribution is 2.27. The van der Waals surface area contributed by atoms with Crippen LogP contribution in [-0.4, -0.2) is 35.9 Å². The van der Waals surface area contributed by atoms with E-state index in [1.807, 2.05) is 0 Å². The minimum absolute atomic E-state index is 0.0287. The molecule has 2 rings (SSSR count). The molecule has 110 valence electrons. The van der Waals surface area contributed by atoms with E-state index in [0.717, 1.165) is 14.2 Å². The first-order chi connectivity index (χ1) is 9.20. The molecule has 1 saturated heterocycles. The van der Waals surface area contributed by atoms with E-state index in [4.69, 9.17) is 0 Å². The average molecular weight is 314 g/mol. The lowest BCUT2D eigenvalue weighted by atomic mass is 9.98. The summed E-state index contributed by atoms with van der Waals surface area (Å²) in [6, 6.07) is 0.